The largest absolute Gasteiger partial charge is 0.378 e. The molecule has 0 bridgehead atoms. The van der Waals surface area contributed by atoms with Gasteiger partial charge < -0.3 is 14.0 Å². The van der Waals surface area contributed by atoms with Crippen LogP contribution in [0.1, 0.15) is 25.0 Å². The quantitative estimate of drug-likeness (QED) is 0.858. The van der Waals surface area contributed by atoms with Crippen LogP contribution in [-0.4, -0.2) is 64.0 Å². The van der Waals surface area contributed by atoms with E-state index in [4.69, 9.17) is 4.74 Å². The molecule has 1 atom stereocenters. The lowest BCUT2D eigenvalue weighted by atomic mass is 10.00. The maximum atomic E-state index is 13.0. The molecule has 6 heteroatoms. The van der Waals surface area contributed by atoms with Crippen molar-refractivity contribution in [2.24, 2.45) is 0 Å². The third kappa shape index (κ3) is 3.03. The van der Waals surface area contributed by atoms with Crippen molar-refractivity contribution >= 4 is 11.6 Å². The van der Waals surface area contributed by atoms with Gasteiger partial charge in [0.15, 0.2) is 0 Å². The average molecular weight is 328 g/mol. The van der Waals surface area contributed by atoms with Gasteiger partial charge in [0.2, 0.25) is 5.91 Å². The highest BCUT2D eigenvalue weighted by molar-refractivity contribution is 5.82. The summed E-state index contributed by atoms with van der Waals surface area (Å²) in [6.45, 7) is 4.53. The third-order valence-corrected chi connectivity index (χ3v) is 5.10. The molecule has 2 aliphatic heterocycles. The second-order valence-electron chi connectivity index (χ2n) is 6.59. The van der Waals surface area contributed by atoms with Gasteiger partial charge in [-0.15, -0.1) is 0 Å². The topological polar surface area (TPSA) is 50.1 Å². The number of pyridine rings is 1. The predicted molar refractivity (Wildman–Crippen MR) is 90.6 cm³/mol. The van der Waals surface area contributed by atoms with Crippen LogP contribution in [0.3, 0.4) is 0 Å². The first-order valence-corrected chi connectivity index (χ1v) is 8.84. The molecule has 24 heavy (non-hydrogen) atoms. The Balaban J connectivity index is 1.53. The molecule has 4 rings (SSSR count). The molecule has 0 spiro atoms. The summed E-state index contributed by atoms with van der Waals surface area (Å²) in [5, 5.41) is 0. The van der Waals surface area contributed by atoms with Crippen molar-refractivity contribution in [1.82, 2.24) is 19.2 Å². The lowest BCUT2D eigenvalue weighted by molar-refractivity contribution is -0.142. The third-order valence-electron chi connectivity index (χ3n) is 5.10. The Bertz CT molecular complexity index is 708. The number of fused-ring (bicyclic) bond motifs is 1. The van der Waals surface area contributed by atoms with Gasteiger partial charge in [-0.05, 0) is 31.5 Å². The summed E-state index contributed by atoms with van der Waals surface area (Å²) < 4.78 is 7.50. The average Bonchev–Trinajstić information content (AvgIpc) is 3.12. The molecule has 128 valence electrons. The van der Waals surface area contributed by atoms with Crippen molar-refractivity contribution in [3.05, 3.63) is 36.3 Å². The van der Waals surface area contributed by atoms with E-state index in [1.807, 2.05) is 29.4 Å². The zero-order valence-corrected chi connectivity index (χ0v) is 13.9. The predicted octanol–water partition coefficient (Wildman–Crippen LogP) is 1.55. The number of carbonyl (C=O) groups is 1. The Kier molecular flexibility index (Phi) is 4.49. The molecule has 4 heterocycles. The molecular weight excluding hydrogens is 304 g/mol. The van der Waals surface area contributed by atoms with E-state index in [9.17, 15) is 4.79 Å². The number of ether oxygens (including phenoxy) is 1. The standard InChI is InChI=1S/C18H24N4O2/c23-18(20-10-12-24-13-11-20)16-5-1-2-8-21(16)14-15-4-3-6-17-19-7-9-22(15)17/h3-4,6-7,9,16H,1-2,5,8,10-14H2/t16-/m0/s1. The molecule has 0 radical (unpaired) electrons. The van der Waals surface area contributed by atoms with Crippen LogP contribution in [0.5, 0.6) is 0 Å². The lowest BCUT2D eigenvalue weighted by Crippen LogP contribution is -2.53. The number of morpholine rings is 1. The number of nitrogens with zero attached hydrogens (tertiary/aromatic N) is 4. The number of carbonyl (C=O) groups excluding carboxylic acids is 1. The smallest absolute Gasteiger partial charge is 0.240 e. The number of piperidine rings is 1. The molecule has 0 saturated carbocycles. The monoisotopic (exact) mass is 328 g/mol. The molecular formula is C18H24N4O2. The molecule has 1 amide bonds. The van der Waals surface area contributed by atoms with Crippen LogP contribution < -0.4 is 0 Å². The summed E-state index contributed by atoms with van der Waals surface area (Å²) >= 11 is 0. The van der Waals surface area contributed by atoms with Gasteiger partial charge in [0.25, 0.3) is 0 Å². The van der Waals surface area contributed by atoms with Gasteiger partial charge in [-0.25, -0.2) is 4.98 Å². The summed E-state index contributed by atoms with van der Waals surface area (Å²) in [4.78, 5) is 21.7. The van der Waals surface area contributed by atoms with Crippen molar-refractivity contribution in [3.8, 4) is 0 Å². The SMILES string of the molecule is O=C([C@@H]1CCCCN1Cc1cccc2nccn12)N1CCOCC1. The second-order valence-corrected chi connectivity index (χ2v) is 6.59. The van der Waals surface area contributed by atoms with Crippen LogP contribution in [0.4, 0.5) is 0 Å². The molecule has 2 fully saturated rings. The number of hydrogen-bond donors (Lipinski definition) is 0. The first kappa shape index (κ1) is 15.6. The van der Waals surface area contributed by atoms with E-state index < -0.39 is 0 Å². The van der Waals surface area contributed by atoms with Crippen molar-refractivity contribution in [1.29, 1.82) is 0 Å². The van der Waals surface area contributed by atoms with Gasteiger partial charge >= 0.3 is 0 Å². The van der Waals surface area contributed by atoms with E-state index in [1.54, 1.807) is 0 Å². The molecule has 0 unspecified atom stereocenters. The highest BCUT2D eigenvalue weighted by Crippen LogP contribution is 2.22. The molecule has 0 aromatic carbocycles. The Labute approximate surface area is 142 Å². The van der Waals surface area contributed by atoms with Crippen molar-refractivity contribution in [2.45, 2.75) is 31.8 Å². The van der Waals surface area contributed by atoms with Gasteiger partial charge in [0.1, 0.15) is 5.65 Å². The molecule has 2 saturated heterocycles. The van der Waals surface area contributed by atoms with Gasteiger partial charge in [-0.3, -0.25) is 9.69 Å². The summed E-state index contributed by atoms with van der Waals surface area (Å²) in [7, 11) is 0. The fourth-order valence-electron chi connectivity index (χ4n) is 3.80. The van der Waals surface area contributed by atoms with Crippen LogP contribution in [0.2, 0.25) is 0 Å². The van der Waals surface area contributed by atoms with Gasteiger partial charge in [-0.1, -0.05) is 12.5 Å². The Morgan fingerprint density at radius 1 is 1.21 bits per heavy atom. The van der Waals surface area contributed by atoms with Crippen molar-refractivity contribution < 1.29 is 9.53 Å². The number of hydrogen-bond acceptors (Lipinski definition) is 4. The summed E-state index contributed by atoms with van der Waals surface area (Å²) in [5.74, 6) is 0.274. The Hall–Kier alpha value is -1.92. The molecule has 2 aromatic rings. The second kappa shape index (κ2) is 6.91. The van der Waals surface area contributed by atoms with Gasteiger partial charge in [-0.2, -0.15) is 0 Å². The number of aromatic nitrogens is 2. The van der Waals surface area contributed by atoms with Crippen LogP contribution >= 0.6 is 0 Å². The van der Waals surface area contributed by atoms with E-state index >= 15 is 0 Å². The Morgan fingerprint density at radius 3 is 2.96 bits per heavy atom. The van der Waals surface area contributed by atoms with Crippen LogP contribution in [0.15, 0.2) is 30.6 Å². The fourth-order valence-corrected chi connectivity index (χ4v) is 3.80. The first-order chi connectivity index (χ1) is 11.8. The van der Waals surface area contributed by atoms with E-state index in [0.29, 0.717) is 13.2 Å². The number of likely N-dealkylation sites (tertiary alicyclic amines) is 1. The highest BCUT2D eigenvalue weighted by atomic mass is 16.5. The molecule has 6 nitrogen and oxygen atoms in total. The normalized spacial score (nSPS) is 22.8. The van der Waals surface area contributed by atoms with E-state index in [0.717, 1.165) is 51.1 Å². The maximum absolute atomic E-state index is 13.0. The molecule has 0 N–H and O–H groups in total. The van der Waals surface area contributed by atoms with Crippen molar-refractivity contribution in [2.75, 3.05) is 32.8 Å². The number of rotatable bonds is 3. The van der Waals surface area contributed by atoms with E-state index in [-0.39, 0.29) is 11.9 Å². The summed E-state index contributed by atoms with van der Waals surface area (Å²) in [5.41, 5.74) is 2.15. The minimum atomic E-state index is -0.00405. The van der Waals surface area contributed by atoms with E-state index in [2.05, 4.69) is 20.4 Å². The van der Waals surface area contributed by atoms with Gasteiger partial charge in [0, 0.05) is 37.7 Å². The molecule has 0 aliphatic carbocycles. The summed E-state index contributed by atoms with van der Waals surface area (Å²) in [6.07, 6.45) is 7.06. The maximum Gasteiger partial charge on any atom is 0.240 e. The lowest BCUT2D eigenvalue weighted by Gasteiger charge is -2.38. The molecule has 2 aliphatic rings. The first-order valence-electron chi connectivity index (χ1n) is 8.84. The van der Waals surface area contributed by atoms with Gasteiger partial charge in [0.05, 0.1) is 19.3 Å². The van der Waals surface area contributed by atoms with Crippen molar-refractivity contribution in [3.63, 3.8) is 0 Å². The van der Waals surface area contributed by atoms with E-state index in [1.165, 1.54) is 5.69 Å². The molecule has 2 aromatic heterocycles. The minimum Gasteiger partial charge on any atom is -0.378 e. The zero-order chi connectivity index (χ0) is 16.4. The Morgan fingerprint density at radius 2 is 2.08 bits per heavy atom. The highest BCUT2D eigenvalue weighted by Gasteiger charge is 2.32. The van der Waals surface area contributed by atoms with Crippen LogP contribution in [0, 0.1) is 0 Å². The summed E-state index contributed by atoms with van der Waals surface area (Å²) in [6, 6.07) is 6.17. The number of imidazole rings is 1. The minimum absolute atomic E-state index is 0.00405. The van der Waals surface area contributed by atoms with Crippen LogP contribution in [-0.2, 0) is 16.1 Å². The van der Waals surface area contributed by atoms with Crippen LogP contribution in [0.25, 0.3) is 5.65 Å². The zero-order valence-electron chi connectivity index (χ0n) is 13.9. The number of amides is 1. The fraction of sp³-hybridized carbons (Fsp3) is 0.556.